The van der Waals surface area contributed by atoms with E-state index in [2.05, 4.69) is 20.8 Å². The predicted octanol–water partition coefficient (Wildman–Crippen LogP) is 0.318. The van der Waals surface area contributed by atoms with E-state index < -0.39 is 12.1 Å². The Balaban J connectivity index is 1.49. The minimum absolute atomic E-state index is 0.145. The lowest BCUT2D eigenvalue weighted by Gasteiger charge is -2.25. The molecule has 9 heteroatoms. The highest BCUT2D eigenvalue weighted by Crippen LogP contribution is 2.20. The van der Waals surface area contributed by atoms with Gasteiger partial charge >= 0.3 is 6.03 Å². The van der Waals surface area contributed by atoms with Gasteiger partial charge in [-0.2, -0.15) is 0 Å². The third kappa shape index (κ3) is 3.53. The topological polar surface area (TPSA) is 109 Å². The summed E-state index contributed by atoms with van der Waals surface area (Å²) >= 11 is 0. The molecular weight excluding hydrogens is 348 g/mol. The first kappa shape index (κ1) is 17.2. The molecule has 4 rings (SSSR count). The Morgan fingerprint density at radius 1 is 1.04 bits per heavy atom. The zero-order valence-electron chi connectivity index (χ0n) is 14.7. The van der Waals surface area contributed by atoms with Gasteiger partial charge in [-0.15, -0.1) is 10.2 Å². The van der Waals surface area contributed by atoms with Gasteiger partial charge in [0.1, 0.15) is 11.9 Å². The first-order valence-electron chi connectivity index (χ1n) is 8.98. The molecule has 0 bridgehead atoms. The minimum atomic E-state index is -0.686. The molecule has 1 atom stereocenters. The van der Waals surface area contributed by atoms with Crippen molar-refractivity contribution in [3.05, 3.63) is 36.2 Å². The van der Waals surface area contributed by atoms with E-state index in [9.17, 15) is 14.4 Å². The number of hydrogen-bond acceptors (Lipinski definition) is 5. The van der Waals surface area contributed by atoms with Gasteiger partial charge in [-0.3, -0.25) is 14.9 Å². The molecule has 140 valence electrons. The van der Waals surface area contributed by atoms with Crippen molar-refractivity contribution in [2.24, 2.45) is 0 Å². The smallest absolute Gasteiger partial charge is 0.322 e. The van der Waals surface area contributed by atoms with Gasteiger partial charge in [-0.05, 0) is 6.42 Å². The van der Waals surface area contributed by atoms with Crippen molar-refractivity contribution in [1.82, 2.24) is 30.3 Å². The number of nitrogens with zero attached hydrogens (tertiary/aromatic N) is 4. The summed E-state index contributed by atoms with van der Waals surface area (Å²) < 4.78 is 2.04. The van der Waals surface area contributed by atoms with Gasteiger partial charge in [-0.1, -0.05) is 30.3 Å². The number of carbonyl (C=O) groups is 3. The number of carbonyl (C=O) groups excluding carboxylic acids is 3. The van der Waals surface area contributed by atoms with E-state index in [1.165, 1.54) is 0 Å². The third-order valence-electron chi connectivity index (χ3n) is 4.89. The molecule has 9 nitrogen and oxygen atoms in total. The summed E-state index contributed by atoms with van der Waals surface area (Å²) in [5, 5.41) is 13.4. The summed E-state index contributed by atoms with van der Waals surface area (Å²) in [6.07, 6.45) is 1.03. The molecule has 2 aliphatic heterocycles. The van der Waals surface area contributed by atoms with Crippen molar-refractivity contribution < 1.29 is 14.4 Å². The molecule has 2 aromatic rings. The molecule has 2 aliphatic rings. The summed E-state index contributed by atoms with van der Waals surface area (Å²) in [6.45, 7) is 1.58. The van der Waals surface area contributed by atoms with Crippen molar-refractivity contribution in [3.8, 4) is 11.4 Å². The lowest BCUT2D eigenvalue weighted by atomic mass is 10.1. The lowest BCUT2D eigenvalue weighted by Crippen LogP contribution is -2.50. The number of imide groups is 1. The molecule has 1 aromatic carbocycles. The second-order valence-corrected chi connectivity index (χ2v) is 6.65. The Kier molecular flexibility index (Phi) is 4.57. The first-order chi connectivity index (χ1) is 13.1. The van der Waals surface area contributed by atoms with Crippen molar-refractivity contribution in [2.45, 2.75) is 31.8 Å². The molecule has 2 N–H and O–H groups in total. The van der Waals surface area contributed by atoms with Crippen LogP contribution < -0.4 is 10.6 Å². The summed E-state index contributed by atoms with van der Waals surface area (Å²) in [6, 6.07) is 8.51. The van der Waals surface area contributed by atoms with E-state index in [-0.39, 0.29) is 18.2 Å². The van der Waals surface area contributed by atoms with Crippen LogP contribution in [0.15, 0.2) is 30.3 Å². The monoisotopic (exact) mass is 368 g/mol. The second kappa shape index (κ2) is 7.18. The van der Waals surface area contributed by atoms with E-state index in [0.717, 1.165) is 17.2 Å². The van der Waals surface area contributed by atoms with E-state index >= 15 is 0 Å². The Labute approximate surface area is 155 Å². The number of urea groups is 1. The van der Waals surface area contributed by atoms with Crippen molar-refractivity contribution in [3.63, 3.8) is 0 Å². The number of nitrogens with one attached hydrogen (secondary N) is 2. The highest BCUT2D eigenvalue weighted by molar-refractivity contribution is 5.98. The fourth-order valence-electron chi connectivity index (χ4n) is 3.48. The summed E-state index contributed by atoms with van der Waals surface area (Å²) in [4.78, 5) is 37.7. The molecule has 0 aliphatic carbocycles. The Morgan fingerprint density at radius 2 is 1.85 bits per heavy atom. The molecule has 0 unspecified atom stereocenters. The van der Waals surface area contributed by atoms with Crippen LogP contribution in [0.2, 0.25) is 0 Å². The molecule has 0 spiro atoms. The van der Waals surface area contributed by atoms with Gasteiger partial charge in [0.15, 0.2) is 5.82 Å². The van der Waals surface area contributed by atoms with Gasteiger partial charge in [0.25, 0.3) is 0 Å². The predicted molar refractivity (Wildman–Crippen MR) is 95.4 cm³/mol. The molecule has 0 radical (unpaired) electrons. The van der Waals surface area contributed by atoms with Crippen molar-refractivity contribution in [2.75, 3.05) is 13.1 Å². The Morgan fingerprint density at radius 3 is 2.67 bits per heavy atom. The van der Waals surface area contributed by atoms with Crippen LogP contribution in [0.1, 0.15) is 18.7 Å². The van der Waals surface area contributed by atoms with E-state index in [1.807, 2.05) is 34.9 Å². The van der Waals surface area contributed by atoms with Crippen LogP contribution in [0.4, 0.5) is 4.79 Å². The second-order valence-electron chi connectivity index (χ2n) is 6.65. The fraction of sp³-hybridized carbons (Fsp3) is 0.389. The highest BCUT2D eigenvalue weighted by Gasteiger charge is 2.31. The maximum atomic E-state index is 12.9. The molecule has 1 saturated heterocycles. The van der Waals surface area contributed by atoms with Crippen LogP contribution in [0.25, 0.3) is 11.4 Å². The summed E-state index contributed by atoms with van der Waals surface area (Å²) in [5.74, 6) is 1.10. The zero-order valence-corrected chi connectivity index (χ0v) is 14.7. The number of aromatic nitrogens is 3. The quantitative estimate of drug-likeness (QED) is 0.793. The lowest BCUT2D eigenvalue weighted by molar-refractivity contribution is -0.133. The third-order valence-corrected chi connectivity index (χ3v) is 4.89. The maximum Gasteiger partial charge on any atom is 0.322 e. The van der Waals surface area contributed by atoms with E-state index in [0.29, 0.717) is 32.5 Å². The maximum absolute atomic E-state index is 12.9. The van der Waals surface area contributed by atoms with Gasteiger partial charge in [-0.25, -0.2) is 4.79 Å². The number of benzene rings is 1. The highest BCUT2D eigenvalue weighted by atomic mass is 16.2. The van der Waals surface area contributed by atoms with E-state index in [1.54, 1.807) is 4.90 Å². The SMILES string of the molecule is O=C1CC[C@@H](C(=O)N2CCc3nnc(-c4ccccc4)n3CC2)NC(=O)N1. The number of fused-ring (bicyclic) bond motifs is 1. The average Bonchev–Trinajstić information content (AvgIpc) is 2.84. The van der Waals surface area contributed by atoms with Crippen LogP contribution in [0.3, 0.4) is 0 Å². The van der Waals surface area contributed by atoms with E-state index in [4.69, 9.17) is 0 Å². The van der Waals surface area contributed by atoms with Crippen LogP contribution in [-0.4, -0.2) is 56.6 Å². The molecule has 4 amide bonds. The average molecular weight is 368 g/mol. The fourth-order valence-corrected chi connectivity index (χ4v) is 3.48. The molecular formula is C18H20N6O3. The number of rotatable bonds is 2. The summed E-state index contributed by atoms with van der Waals surface area (Å²) in [7, 11) is 0. The van der Waals surface area contributed by atoms with Crippen LogP contribution >= 0.6 is 0 Å². The molecule has 0 saturated carbocycles. The largest absolute Gasteiger partial charge is 0.339 e. The first-order valence-corrected chi connectivity index (χ1v) is 8.98. The van der Waals surface area contributed by atoms with Crippen LogP contribution in [-0.2, 0) is 22.6 Å². The van der Waals surface area contributed by atoms with Crippen molar-refractivity contribution in [1.29, 1.82) is 0 Å². The van der Waals surface area contributed by atoms with Crippen LogP contribution in [0.5, 0.6) is 0 Å². The van der Waals surface area contributed by atoms with Gasteiger partial charge in [0, 0.05) is 38.0 Å². The number of amides is 4. The van der Waals surface area contributed by atoms with Crippen LogP contribution in [0, 0.1) is 0 Å². The standard InChI is InChI=1S/C18H20N6O3/c25-15-7-6-13(19-18(27)20-15)17(26)23-9-8-14-21-22-16(24(14)11-10-23)12-4-2-1-3-5-12/h1-5,13H,6-11H2,(H2,19,20,25,27)/t13-/m0/s1. The molecule has 1 aromatic heterocycles. The van der Waals surface area contributed by atoms with Crippen molar-refractivity contribution >= 4 is 17.8 Å². The number of hydrogen-bond donors (Lipinski definition) is 2. The normalized spacial score (nSPS) is 20.1. The zero-order chi connectivity index (χ0) is 18.8. The van der Waals surface area contributed by atoms with Gasteiger partial charge in [0.05, 0.1) is 0 Å². The molecule has 1 fully saturated rings. The van der Waals surface area contributed by atoms with Gasteiger partial charge in [0.2, 0.25) is 11.8 Å². The molecule has 27 heavy (non-hydrogen) atoms. The Bertz CT molecular complexity index is 878. The van der Waals surface area contributed by atoms with Gasteiger partial charge < -0.3 is 14.8 Å². The molecule has 3 heterocycles. The minimum Gasteiger partial charge on any atom is -0.339 e. The Hall–Kier alpha value is -3.23. The summed E-state index contributed by atoms with van der Waals surface area (Å²) in [5.41, 5.74) is 0.983.